The third-order valence-electron chi connectivity index (χ3n) is 5.53. The van der Waals surface area contributed by atoms with Crippen molar-refractivity contribution >= 4 is 33.3 Å². The van der Waals surface area contributed by atoms with Crippen molar-refractivity contribution in [2.45, 2.75) is 32.2 Å². The van der Waals surface area contributed by atoms with Gasteiger partial charge in [-0.15, -0.1) is 0 Å². The number of amides is 1. The van der Waals surface area contributed by atoms with E-state index in [0.29, 0.717) is 35.5 Å². The molecule has 1 aromatic rings. The number of Topliss-reactive ketones (excluding diaryl/α,β-unsaturated/α-hetero) is 1. The number of hydrogen-bond acceptors (Lipinski definition) is 5. The maximum Gasteiger partial charge on any atom is 0.251 e. The fourth-order valence-corrected chi connectivity index (χ4v) is 4.55. The van der Waals surface area contributed by atoms with Gasteiger partial charge >= 0.3 is 0 Å². The average Bonchev–Trinajstić information content (AvgIpc) is 3.13. The van der Waals surface area contributed by atoms with E-state index < -0.39 is 5.41 Å². The lowest BCUT2D eigenvalue weighted by atomic mass is 9.65. The predicted molar refractivity (Wildman–Crippen MR) is 115 cm³/mol. The molecule has 1 aromatic carbocycles. The lowest BCUT2D eigenvalue weighted by Crippen LogP contribution is -2.49. The van der Waals surface area contributed by atoms with E-state index in [1.165, 1.54) is 0 Å². The first-order valence-electron chi connectivity index (χ1n) is 9.67. The van der Waals surface area contributed by atoms with Gasteiger partial charge in [0.05, 0.1) is 17.5 Å². The first-order chi connectivity index (χ1) is 14.0. The summed E-state index contributed by atoms with van der Waals surface area (Å²) in [4.78, 5) is 29.9. The Bertz CT molecular complexity index is 1010. The highest BCUT2D eigenvalue weighted by atomic mass is 79.9. The van der Waals surface area contributed by atoms with Crippen molar-refractivity contribution in [3.8, 4) is 0 Å². The Balaban J connectivity index is 1.40. The van der Waals surface area contributed by atoms with Crippen molar-refractivity contribution in [2.24, 2.45) is 20.6 Å². The van der Waals surface area contributed by atoms with Gasteiger partial charge in [-0.1, -0.05) is 18.2 Å². The van der Waals surface area contributed by atoms with E-state index in [1.54, 1.807) is 25.3 Å². The van der Waals surface area contributed by atoms with E-state index in [-0.39, 0.29) is 17.7 Å². The van der Waals surface area contributed by atoms with Crippen LogP contribution in [0.4, 0.5) is 0 Å². The molecule has 0 bridgehead atoms. The summed E-state index contributed by atoms with van der Waals surface area (Å²) < 4.78 is 0.779. The van der Waals surface area contributed by atoms with Crippen LogP contribution in [0, 0.1) is 5.41 Å². The van der Waals surface area contributed by atoms with Crippen LogP contribution < -0.4 is 5.32 Å². The molecule has 3 aliphatic rings. The Morgan fingerprint density at radius 2 is 2.00 bits per heavy atom. The van der Waals surface area contributed by atoms with Crippen LogP contribution in [0.2, 0.25) is 0 Å². The molecular formula is C22H21BrN4O2. The summed E-state index contributed by atoms with van der Waals surface area (Å²) in [6.45, 7) is 2.36. The summed E-state index contributed by atoms with van der Waals surface area (Å²) in [5.74, 6) is -0.0554. The fourth-order valence-electron chi connectivity index (χ4n) is 4.03. The van der Waals surface area contributed by atoms with E-state index in [4.69, 9.17) is 0 Å². The topological polar surface area (TPSA) is 83.2 Å². The molecule has 148 valence electrons. The Labute approximate surface area is 177 Å². The second-order valence-electron chi connectivity index (χ2n) is 7.34. The molecule has 1 spiro atoms. The van der Waals surface area contributed by atoms with Crippen LogP contribution in [-0.2, 0) is 4.79 Å². The van der Waals surface area contributed by atoms with Gasteiger partial charge in [0, 0.05) is 28.4 Å². The van der Waals surface area contributed by atoms with E-state index >= 15 is 0 Å². The van der Waals surface area contributed by atoms with E-state index in [0.717, 1.165) is 17.3 Å². The molecule has 0 radical (unpaired) electrons. The number of allylic oxidation sites excluding steroid dienone is 4. The minimum Gasteiger partial charge on any atom is -0.352 e. The molecule has 1 aliphatic carbocycles. The van der Waals surface area contributed by atoms with Crippen molar-refractivity contribution in [3.63, 3.8) is 0 Å². The zero-order valence-electron chi connectivity index (χ0n) is 16.1. The summed E-state index contributed by atoms with van der Waals surface area (Å²) in [7, 11) is 0. The summed E-state index contributed by atoms with van der Waals surface area (Å²) in [6, 6.07) is 8.88. The normalized spacial score (nSPS) is 24.8. The van der Waals surface area contributed by atoms with Crippen LogP contribution in [-0.4, -0.2) is 30.0 Å². The molecule has 29 heavy (non-hydrogen) atoms. The number of nitrogens with one attached hydrogen (secondary N) is 1. The summed E-state index contributed by atoms with van der Waals surface area (Å²) >= 11 is 3.52. The number of rotatable bonds is 6. The lowest BCUT2D eigenvalue weighted by molar-refractivity contribution is -0.120. The molecular weight excluding hydrogens is 432 g/mol. The highest BCUT2D eigenvalue weighted by Gasteiger charge is 2.58. The molecule has 6 nitrogen and oxygen atoms in total. The first kappa shape index (κ1) is 19.6. The first-order valence-corrected chi connectivity index (χ1v) is 10.5. The standard InChI is InChI=1S/C22H21BrN4O2/c1-14-13-25-17-11-10-16(23)19-22(17,20(14)28)18(26-27-19)9-5-6-12-24-21(29)15-7-3-2-4-8-15/h2-4,7-8,10-11,13,18H,5-6,9,12H2,1H3,(H,24,29). The number of azo groups is 1. The number of hydrogen-bond donors (Lipinski definition) is 1. The predicted octanol–water partition coefficient (Wildman–Crippen LogP) is 4.51. The second-order valence-corrected chi connectivity index (χ2v) is 8.20. The monoisotopic (exact) mass is 452 g/mol. The fraction of sp³-hybridized carbons (Fsp3) is 0.318. The number of aliphatic imine (C=N–C) groups is 1. The number of carbonyl (C=O) groups is 2. The molecule has 2 heterocycles. The molecule has 0 fully saturated rings. The molecule has 2 unspecified atom stereocenters. The number of halogens is 1. The molecule has 7 heteroatoms. The highest BCUT2D eigenvalue weighted by Crippen LogP contribution is 2.51. The highest BCUT2D eigenvalue weighted by molar-refractivity contribution is 9.11. The summed E-state index contributed by atoms with van der Waals surface area (Å²) in [6.07, 6.45) is 7.68. The number of carbonyl (C=O) groups excluding carboxylic acids is 2. The second kappa shape index (κ2) is 7.99. The molecule has 1 amide bonds. The van der Waals surface area contributed by atoms with Crippen LogP contribution in [0.25, 0.3) is 0 Å². The van der Waals surface area contributed by atoms with Crippen LogP contribution >= 0.6 is 15.9 Å². The number of ketones is 1. The van der Waals surface area contributed by atoms with Crippen LogP contribution in [0.1, 0.15) is 36.5 Å². The minimum absolute atomic E-state index is 0.0196. The third-order valence-corrected chi connectivity index (χ3v) is 6.17. The van der Waals surface area contributed by atoms with Crippen LogP contribution in [0.3, 0.4) is 0 Å². The minimum atomic E-state index is -0.917. The van der Waals surface area contributed by atoms with Crippen LogP contribution in [0.5, 0.6) is 0 Å². The van der Waals surface area contributed by atoms with E-state index in [9.17, 15) is 9.59 Å². The molecule has 0 saturated carbocycles. The smallest absolute Gasteiger partial charge is 0.251 e. The quantitative estimate of drug-likeness (QED) is 0.643. The molecule has 0 aromatic heterocycles. The number of benzene rings is 1. The van der Waals surface area contributed by atoms with Crippen molar-refractivity contribution in [1.82, 2.24) is 5.32 Å². The van der Waals surface area contributed by atoms with Gasteiger partial charge in [0.15, 0.2) is 5.78 Å². The maximum absolute atomic E-state index is 13.2. The molecule has 1 N–H and O–H groups in total. The number of unbranched alkanes of at least 4 members (excludes halogenated alkanes) is 1. The third kappa shape index (κ3) is 3.33. The number of nitrogens with zero attached hydrogens (tertiary/aromatic N) is 3. The zero-order chi connectivity index (χ0) is 20.4. The Morgan fingerprint density at radius 1 is 1.21 bits per heavy atom. The zero-order valence-corrected chi connectivity index (χ0v) is 17.6. The van der Waals surface area contributed by atoms with Crippen molar-refractivity contribution in [2.75, 3.05) is 6.54 Å². The lowest BCUT2D eigenvalue weighted by Gasteiger charge is -2.36. The van der Waals surface area contributed by atoms with Crippen molar-refractivity contribution in [3.05, 3.63) is 70.0 Å². The molecule has 2 atom stereocenters. The van der Waals surface area contributed by atoms with Gasteiger partial charge in [-0.05, 0) is 66.4 Å². The summed E-state index contributed by atoms with van der Waals surface area (Å²) in [5, 5.41) is 11.7. The van der Waals surface area contributed by atoms with Gasteiger partial charge in [0.25, 0.3) is 5.91 Å². The maximum atomic E-state index is 13.2. The van der Waals surface area contributed by atoms with Crippen LogP contribution in [0.15, 0.2) is 79.7 Å². The molecule has 2 aliphatic heterocycles. The van der Waals surface area contributed by atoms with Gasteiger partial charge < -0.3 is 5.32 Å². The largest absolute Gasteiger partial charge is 0.352 e. The average molecular weight is 453 g/mol. The van der Waals surface area contributed by atoms with Gasteiger partial charge in [-0.25, -0.2) is 0 Å². The Hall–Kier alpha value is -2.67. The van der Waals surface area contributed by atoms with Gasteiger partial charge in [0.1, 0.15) is 5.41 Å². The summed E-state index contributed by atoms with van der Waals surface area (Å²) in [5.41, 5.74) is 1.71. The molecule has 0 saturated heterocycles. The van der Waals surface area contributed by atoms with Gasteiger partial charge in [0.2, 0.25) is 0 Å². The Morgan fingerprint density at radius 3 is 2.79 bits per heavy atom. The Kier molecular flexibility index (Phi) is 5.41. The van der Waals surface area contributed by atoms with Crippen molar-refractivity contribution < 1.29 is 9.59 Å². The van der Waals surface area contributed by atoms with E-state index in [1.807, 2.05) is 30.4 Å². The van der Waals surface area contributed by atoms with Gasteiger partial charge in [-0.3, -0.25) is 14.6 Å². The van der Waals surface area contributed by atoms with E-state index in [2.05, 4.69) is 36.5 Å². The van der Waals surface area contributed by atoms with Crippen molar-refractivity contribution in [1.29, 1.82) is 0 Å². The van der Waals surface area contributed by atoms with Gasteiger partial charge in [-0.2, -0.15) is 10.2 Å². The molecule has 4 rings (SSSR count). The SMILES string of the molecule is CC1=CN=C2C=CC(Br)=C3N=NC(CCCCNC(=O)c4ccccc4)C23C1=O.